The Balaban J connectivity index is 1.34. The summed E-state index contributed by atoms with van der Waals surface area (Å²) in [6, 6.07) is 9.26. The molecule has 0 saturated heterocycles. The fourth-order valence-corrected chi connectivity index (χ4v) is 7.47. The summed E-state index contributed by atoms with van der Waals surface area (Å²) in [6.45, 7) is 6.94. The minimum absolute atomic E-state index is 0.0459. The molecule has 2 bridgehead atoms. The van der Waals surface area contributed by atoms with E-state index >= 15 is 0 Å². The maximum Gasteiger partial charge on any atom is 0.287 e. The number of nitrogens with one attached hydrogen (secondary N) is 3. The molecule has 5 rings (SSSR count). The van der Waals surface area contributed by atoms with E-state index in [0.29, 0.717) is 41.4 Å². The van der Waals surface area contributed by atoms with Crippen LogP contribution in [-0.4, -0.2) is 41.2 Å². The third-order valence-corrected chi connectivity index (χ3v) is 9.62. The summed E-state index contributed by atoms with van der Waals surface area (Å²) in [7, 11) is 1.35. The van der Waals surface area contributed by atoms with Gasteiger partial charge in [-0.3, -0.25) is 24.0 Å². The van der Waals surface area contributed by atoms with Crippen LogP contribution in [0.25, 0.3) is 11.0 Å². The number of furan rings is 1. The van der Waals surface area contributed by atoms with Crippen LogP contribution in [0.3, 0.4) is 0 Å². The number of aromatic nitrogens is 1. The van der Waals surface area contributed by atoms with Gasteiger partial charge in [-0.15, -0.1) is 0 Å². The molecule has 0 spiro atoms. The molecule has 44 heavy (non-hydrogen) atoms. The number of ketones is 1. The number of pyridine rings is 1. The zero-order valence-electron chi connectivity index (χ0n) is 25.9. The molecule has 6 atom stereocenters. The molecule has 3 N–H and O–H groups in total. The van der Waals surface area contributed by atoms with E-state index in [1.807, 2.05) is 12.1 Å². The molecule has 2 fully saturated rings. The van der Waals surface area contributed by atoms with Gasteiger partial charge in [0.1, 0.15) is 17.3 Å². The summed E-state index contributed by atoms with van der Waals surface area (Å²) < 4.78 is 7.44. The first-order valence-electron chi connectivity index (χ1n) is 15.6. The van der Waals surface area contributed by atoms with Crippen LogP contribution in [0.2, 0.25) is 0 Å². The van der Waals surface area contributed by atoms with Gasteiger partial charge in [0.15, 0.2) is 5.76 Å². The van der Waals surface area contributed by atoms with E-state index in [1.165, 1.54) is 38.8 Å². The Morgan fingerprint density at radius 3 is 2.55 bits per heavy atom. The Morgan fingerprint density at radius 1 is 1.02 bits per heavy atom. The summed E-state index contributed by atoms with van der Waals surface area (Å²) in [6.07, 6.45) is 6.19. The number of benzene rings is 1. The Labute approximate surface area is 257 Å². The summed E-state index contributed by atoms with van der Waals surface area (Å²) in [5, 5.41) is 8.39. The van der Waals surface area contributed by atoms with Crippen molar-refractivity contribution in [2.45, 2.75) is 71.9 Å². The second kappa shape index (κ2) is 13.2. The van der Waals surface area contributed by atoms with Crippen molar-refractivity contribution < 1.29 is 23.6 Å². The molecule has 1 aromatic carbocycles. The van der Waals surface area contributed by atoms with Crippen molar-refractivity contribution in [3.63, 3.8) is 0 Å². The van der Waals surface area contributed by atoms with Crippen LogP contribution in [0, 0.1) is 36.5 Å². The lowest BCUT2D eigenvalue weighted by atomic mass is 9.60. The zero-order chi connectivity index (χ0) is 31.5. The second-order valence-electron chi connectivity index (χ2n) is 12.8. The van der Waals surface area contributed by atoms with Gasteiger partial charge in [0.25, 0.3) is 17.4 Å². The predicted molar refractivity (Wildman–Crippen MR) is 167 cm³/mol. The monoisotopic (exact) mass is 602 g/mol. The van der Waals surface area contributed by atoms with Gasteiger partial charge in [-0.1, -0.05) is 32.0 Å². The molecule has 10 nitrogen and oxygen atoms in total. The van der Waals surface area contributed by atoms with Crippen molar-refractivity contribution in [1.29, 1.82) is 0 Å². The molecule has 2 heterocycles. The van der Waals surface area contributed by atoms with Gasteiger partial charge in [0.2, 0.25) is 11.7 Å². The molecule has 2 aliphatic carbocycles. The first kappa shape index (κ1) is 31.2. The number of hydrogen-bond acceptors (Lipinski definition) is 6. The minimum atomic E-state index is -1.21. The molecular formula is C34H42N4O6. The zero-order valence-corrected chi connectivity index (χ0v) is 25.9. The predicted octanol–water partition coefficient (Wildman–Crippen LogP) is 4.44. The van der Waals surface area contributed by atoms with E-state index in [1.54, 1.807) is 35.9 Å². The topological polar surface area (TPSA) is 140 Å². The maximum atomic E-state index is 13.6. The van der Waals surface area contributed by atoms with Crippen LogP contribution in [0.5, 0.6) is 0 Å². The number of likely N-dealkylation sites (N-methyl/N-ethyl adjacent to an activating group) is 1. The highest BCUT2D eigenvalue weighted by molar-refractivity contribution is 6.36. The molecule has 5 unspecified atom stereocenters. The number of nitrogens with zero attached hydrogens (tertiary/aromatic N) is 1. The molecule has 10 heteroatoms. The highest BCUT2D eigenvalue weighted by atomic mass is 16.3. The number of aryl methyl sites for hydroxylation is 1. The normalized spacial score (nSPS) is 23.5. The average molecular weight is 603 g/mol. The van der Waals surface area contributed by atoms with Crippen molar-refractivity contribution in [2.24, 2.45) is 29.6 Å². The molecule has 2 aromatic heterocycles. The lowest BCUT2D eigenvalue weighted by Crippen LogP contribution is -2.45. The molecule has 2 saturated carbocycles. The Morgan fingerprint density at radius 2 is 1.80 bits per heavy atom. The van der Waals surface area contributed by atoms with Crippen molar-refractivity contribution >= 4 is 40.2 Å². The summed E-state index contributed by atoms with van der Waals surface area (Å²) in [4.78, 5) is 64.5. The molecule has 234 valence electrons. The first-order chi connectivity index (χ1) is 21.0. The van der Waals surface area contributed by atoms with Crippen LogP contribution < -0.4 is 21.5 Å². The van der Waals surface area contributed by atoms with E-state index in [9.17, 15) is 24.0 Å². The van der Waals surface area contributed by atoms with Crippen LogP contribution in [0.1, 0.15) is 68.5 Å². The van der Waals surface area contributed by atoms with Crippen molar-refractivity contribution in [3.8, 4) is 0 Å². The highest BCUT2D eigenvalue weighted by Gasteiger charge is 2.40. The minimum Gasteiger partial charge on any atom is -0.451 e. The standard InChI is InChI=1S/C34H42N4O6/c1-19-14-22-16-20(2)25(23(15-19)17-22)18-38-13-7-9-27(34(38)43)37-31(40)26(11-12-28(39)32(41)35-4)36-33(42)30-21(3)24-8-5-6-10-29(24)44-30/h5-10,13,19-20,22-23,25-26H,11-12,14-18H2,1-4H3,(H,35,41)(H,36,42)(H,37,40)/t19?,20?,22?,23?,25?,26-/m0/s1. The lowest BCUT2D eigenvalue weighted by molar-refractivity contribution is -0.137. The molecular weight excluding hydrogens is 560 g/mol. The second-order valence-corrected chi connectivity index (χ2v) is 12.8. The Kier molecular flexibility index (Phi) is 9.36. The van der Waals surface area contributed by atoms with Gasteiger partial charge in [-0.25, -0.2) is 0 Å². The summed E-state index contributed by atoms with van der Waals surface area (Å²) >= 11 is 0. The van der Waals surface area contributed by atoms with E-state index in [-0.39, 0.29) is 29.8 Å². The Hall–Kier alpha value is -4.21. The van der Waals surface area contributed by atoms with Crippen LogP contribution in [-0.2, 0) is 20.9 Å². The largest absolute Gasteiger partial charge is 0.451 e. The van der Waals surface area contributed by atoms with Gasteiger partial charge in [-0.2, -0.15) is 0 Å². The molecule has 2 aliphatic rings. The molecule has 0 radical (unpaired) electrons. The number of amides is 3. The SMILES string of the molecule is CNC(=O)C(=O)CC[C@H](NC(=O)c1oc2ccccc2c1C)C(=O)Nc1cccn(CC2C(C)CC3CC(C)CC2C3)c1=O. The lowest BCUT2D eigenvalue weighted by Gasteiger charge is -2.46. The quantitative estimate of drug-likeness (QED) is 0.293. The van der Waals surface area contributed by atoms with Crippen molar-refractivity contribution in [1.82, 2.24) is 15.2 Å². The van der Waals surface area contributed by atoms with E-state index in [0.717, 1.165) is 11.3 Å². The van der Waals surface area contributed by atoms with Crippen LogP contribution >= 0.6 is 0 Å². The van der Waals surface area contributed by atoms with Crippen LogP contribution in [0.4, 0.5) is 5.69 Å². The van der Waals surface area contributed by atoms with Gasteiger partial charge in [0.05, 0.1) is 0 Å². The number of Topliss-reactive ketones (excluding diaryl/α,β-unsaturated/α-hetero) is 1. The Bertz CT molecular complexity index is 1620. The van der Waals surface area contributed by atoms with Crippen molar-refractivity contribution in [3.05, 3.63) is 64.3 Å². The fraction of sp³-hybridized carbons (Fsp3) is 0.500. The number of anilines is 1. The van der Waals surface area contributed by atoms with Crippen molar-refractivity contribution in [2.75, 3.05) is 12.4 Å². The fourth-order valence-electron chi connectivity index (χ4n) is 7.47. The smallest absolute Gasteiger partial charge is 0.287 e. The first-order valence-corrected chi connectivity index (χ1v) is 15.6. The summed E-state index contributed by atoms with van der Waals surface area (Å²) in [5.74, 6) is 0.173. The van der Waals surface area contributed by atoms with Gasteiger partial charge in [-0.05, 0) is 86.8 Å². The molecule has 3 aromatic rings. The van der Waals surface area contributed by atoms with Gasteiger partial charge in [0, 0.05) is 37.2 Å². The number of hydrogen-bond donors (Lipinski definition) is 3. The number of para-hydroxylation sites is 1. The molecule has 0 aliphatic heterocycles. The number of carbonyl (C=O) groups is 4. The molecule has 3 amide bonds. The number of fused-ring (bicyclic) bond motifs is 3. The third-order valence-electron chi connectivity index (χ3n) is 9.62. The summed E-state index contributed by atoms with van der Waals surface area (Å²) in [5.41, 5.74) is 0.910. The van der Waals surface area contributed by atoms with Crippen LogP contribution in [0.15, 0.2) is 51.8 Å². The number of rotatable bonds is 10. The number of carbonyl (C=O) groups excluding carboxylic acids is 4. The van der Waals surface area contributed by atoms with E-state index in [2.05, 4.69) is 29.8 Å². The van der Waals surface area contributed by atoms with Gasteiger partial charge < -0.3 is 24.9 Å². The third kappa shape index (κ3) is 6.64. The highest BCUT2D eigenvalue weighted by Crippen LogP contribution is 2.48. The average Bonchev–Trinajstić information content (AvgIpc) is 3.34. The van der Waals surface area contributed by atoms with E-state index < -0.39 is 29.5 Å². The maximum absolute atomic E-state index is 13.6. The van der Waals surface area contributed by atoms with Gasteiger partial charge >= 0.3 is 0 Å². The van der Waals surface area contributed by atoms with E-state index in [4.69, 9.17) is 4.42 Å².